The Balaban J connectivity index is 1.31. The first-order valence-corrected chi connectivity index (χ1v) is 9.42. The van der Waals surface area contributed by atoms with E-state index in [1.807, 2.05) is 19.9 Å². The van der Waals surface area contributed by atoms with E-state index in [1.165, 1.54) is 5.69 Å². The van der Waals surface area contributed by atoms with E-state index in [2.05, 4.69) is 50.5 Å². The van der Waals surface area contributed by atoms with Crippen LogP contribution in [0.15, 0.2) is 36.4 Å². The number of aryl methyl sites for hydroxylation is 2. The van der Waals surface area contributed by atoms with Crippen LogP contribution in [0.3, 0.4) is 0 Å². The molecule has 6 heteroatoms. The molecule has 1 saturated heterocycles. The van der Waals surface area contributed by atoms with Crippen LogP contribution in [-0.4, -0.2) is 59.9 Å². The van der Waals surface area contributed by atoms with Crippen molar-refractivity contribution in [3.8, 4) is 0 Å². The average molecular weight is 355 g/mol. The Bertz CT molecular complexity index is 704. The fourth-order valence-electron chi connectivity index (χ4n) is 3.43. The lowest BCUT2D eigenvalue weighted by Crippen LogP contribution is -2.47. The Morgan fingerprint density at radius 2 is 1.85 bits per heavy atom. The van der Waals surface area contributed by atoms with Crippen molar-refractivity contribution >= 4 is 11.6 Å². The first-order chi connectivity index (χ1) is 12.6. The van der Waals surface area contributed by atoms with Crippen molar-refractivity contribution in [2.75, 3.05) is 44.2 Å². The van der Waals surface area contributed by atoms with Crippen molar-refractivity contribution in [2.45, 2.75) is 26.8 Å². The summed E-state index contributed by atoms with van der Waals surface area (Å²) < 4.78 is 1.76. The third kappa shape index (κ3) is 5.08. The first kappa shape index (κ1) is 18.5. The van der Waals surface area contributed by atoms with Crippen molar-refractivity contribution in [2.24, 2.45) is 0 Å². The van der Waals surface area contributed by atoms with Gasteiger partial charge in [-0.1, -0.05) is 18.2 Å². The molecule has 1 aliphatic heterocycles. The van der Waals surface area contributed by atoms with Crippen LogP contribution >= 0.6 is 0 Å². The lowest BCUT2D eigenvalue weighted by molar-refractivity contribution is -0.121. The number of amides is 1. The zero-order valence-corrected chi connectivity index (χ0v) is 15.8. The number of anilines is 1. The Labute approximate surface area is 155 Å². The van der Waals surface area contributed by atoms with Crippen LogP contribution in [0.4, 0.5) is 5.69 Å². The number of piperazine rings is 1. The van der Waals surface area contributed by atoms with Crippen LogP contribution < -0.4 is 10.2 Å². The van der Waals surface area contributed by atoms with Crippen LogP contribution in [0.1, 0.15) is 17.8 Å². The molecule has 0 atom stereocenters. The molecule has 2 aromatic rings. The van der Waals surface area contributed by atoms with Gasteiger partial charge in [-0.3, -0.25) is 14.4 Å². The largest absolute Gasteiger partial charge is 0.369 e. The second-order valence-electron chi connectivity index (χ2n) is 6.95. The molecule has 0 saturated carbocycles. The second kappa shape index (κ2) is 8.85. The highest BCUT2D eigenvalue weighted by Crippen LogP contribution is 2.15. The van der Waals surface area contributed by atoms with Gasteiger partial charge in [0.15, 0.2) is 0 Å². The number of carbonyl (C=O) groups excluding carboxylic acids is 1. The monoisotopic (exact) mass is 355 g/mol. The van der Waals surface area contributed by atoms with Gasteiger partial charge in [-0.05, 0) is 45.0 Å². The van der Waals surface area contributed by atoms with Gasteiger partial charge in [-0.2, -0.15) is 5.10 Å². The Morgan fingerprint density at radius 3 is 2.50 bits per heavy atom. The number of hydrogen-bond donors (Lipinski definition) is 1. The van der Waals surface area contributed by atoms with Crippen LogP contribution in [0.2, 0.25) is 0 Å². The highest BCUT2D eigenvalue weighted by atomic mass is 16.2. The van der Waals surface area contributed by atoms with Crippen molar-refractivity contribution in [1.29, 1.82) is 0 Å². The highest BCUT2D eigenvalue weighted by molar-refractivity contribution is 5.75. The quantitative estimate of drug-likeness (QED) is 0.770. The molecule has 1 aromatic carbocycles. The van der Waals surface area contributed by atoms with Gasteiger partial charge in [0.05, 0.1) is 5.69 Å². The van der Waals surface area contributed by atoms with Crippen molar-refractivity contribution in [3.63, 3.8) is 0 Å². The van der Waals surface area contributed by atoms with E-state index >= 15 is 0 Å². The Morgan fingerprint density at radius 1 is 1.12 bits per heavy atom. The summed E-state index contributed by atoms with van der Waals surface area (Å²) in [5.74, 6) is 0.0325. The Hall–Kier alpha value is -2.34. The molecule has 6 nitrogen and oxygen atoms in total. The lowest BCUT2D eigenvalue weighted by Gasteiger charge is -2.36. The molecule has 0 spiro atoms. The van der Waals surface area contributed by atoms with E-state index in [1.54, 1.807) is 4.68 Å². The minimum Gasteiger partial charge on any atom is -0.369 e. The van der Waals surface area contributed by atoms with Gasteiger partial charge < -0.3 is 10.2 Å². The molecular formula is C20H29N5O. The minimum absolute atomic E-state index is 0.0325. The maximum atomic E-state index is 12.0. The number of hydrogen-bond acceptors (Lipinski definition) is 4. The first-order valence-electron chi connectivity index (χ1n) is 9.42. The third-order valence-corrected chi connectivity index (χ3v) is 4.86. The van der Waals surface area contributed by atoms with E-state index in [-0.39, 0.29) is 5.91 Å². The smallest absolute Gasteiger partial charge is 0.241 e. The normalized spacial score (nSPS) is 15.2. The molecule has 1 aromatic heterocycles. The summed E-state index contributed by atoms with van der Waals surface area (Å²) in [6.07, 6.45) is 0.980. The number of benzene rings is 1. The number of aromatic nitrogens is 2. The Kier molecular flexibility index (Phi) is 6.28. The summed E-state index contributed by atoms with van der Waals surface area (Å²) in [6.45, 7) is 10.3. The molecule has 26 heavy (non-hydrogen) atoms. The maximum Gasteiger partial charge on any atom is 0.241 e. The maximum absolute atomic E-state index is 12.0. The third-order valence-electron chi connectivity index (χ3n) is 4.86. The molecule has 0 radical (unpaired) electrons. The van der Waals surface area contributed by atoms with Gasteiger partial charge in [0.25, 0.3) is 0 Å². The molecule has 0 bridgehead atoms. The number of rotatable bonds is 7. The summed E-state index contributed by atoms with van der Waals surface area (Å²) in [6, 6.07) is 12.6. The van der Waals surface area contributed by atoms with Crippen molar-refractivity contribution < 1.29 is 4.79 Å². The molecular weight excluding hydrogens is 326 g/mol. The van der Waals surface area contributed by atoms with Gasteiger partial charge in [-0.15, -0.1) is 0 Å². The predicted octanol–water partition coefficient (Wildman–Crippen LogP) is 1.83. The van der Waals surface area contributed by atoms with Gasteiger partial charge in [0.2, 0.25) is 5.91 Å². The van der Waals surface area contributed by atoms with E-state index < -0.39 is 0 Å². The molecule has 0 unspecified atom stereocenters. The van der Waals surface area contributed by atoms with Crippen LogP contribution in [0, 0.1) is 13.8 Å². The fourth-order valence-corrected chi connectivity index (χ4v) is 3.43. The summed E-state index contributed by atoms with van der Waals surface area (Å²) >= 11 is 0. The van der Waals surface area contributed by atoms with Crippen molar-refractivity contribution in [3.05, 3.63) is 47.8 Å². The summed E-state index contributed by atoms with van der Waals surface area (Å²) in [4.78, 5) is 16.9. The number of para-hydroxylation sites is 1. The molecule has 1 fully saturated rings. The number of nitrogens with zero attached hydrogens (tertiary/aromatic N) is 4. The SMILES string of the molecule is Cc1cc(C)n(CC(=O)NCCCN2CCN(c3ccccc3)CC2)n1. The second-order valence-corrected chi connectivity index (χ2v) is 6.95. The zero-order valence-electron chi connectivity index (χ0n) is 15.8. The van der Waals surface area contributed by atoms with Crippen LogP contribution in [-0.2, 0) is 11.3 Å². The minimum atomic E-state index is 0.0325. The van der Waals surface area contributed by atoms with Gasteiger partial charge >= 0.3 is 0 Å². The fraction of sp³-hybridized carbons (Fsp3) is 0.500. The van der Waals surface area contributed by atoms with E-state index in [4.69, 9.17) is 0 Å². The molecule has 2 heterocycles. The number of nitrogens with one attached hydrogen (secondary N) is 1. The van der Waals surface area contributed by atoms with Crippen LogP contribution in [0.5, 0.6) is 0 Å². The highest BCUT2D eigenvalue weighted by Gasteiger charge is 2.16. The summed E-state index contributed by atoms with van der Waals surface area (Å²) in [7, 11) is 0. The molecule has 1 amide bonds. The molecule has 0 aliphatic carbocycles. The molecule has 3 rings (SSSR count). The van der Waals surface area contributed by atoms with Gasteiger partial charge in [0, 0.05) is 44.1 Å². The average Bonchev–Trinajstić information content (AvgIpc) is 2.97. The van der Waals surface area contributed by atoms with Gasteiger partial charge in [0.1, 0.15) is 6.54 Å². The zero-order chi connectivity index (χ0) is 18.4. The van der Waals surface area contributed by atoms with E-state index in [0.29, 0.717) is 6.54 Å². The summed E-state index contributed by atoms with van der Waals surface area (Å²) in [5, 5.41) is 7.33. The van der Waals surface area contributed by atoms with E-state index in [0.717, 1.165) is 57.1 Å². The standard InChI is InChI=1S/C20H29N5O/c1-17-15-18(2)25(22-17)16-20(26)21-9-6-10-23-11-13-24(14-12-23)19-7-4-3-5-8-19/h3-5,7-8,15H,6,9-14,16H2,1-2H3,(H,21,26). The molecule has 1 N–H and O–H groups in total. The van der Waals surface area contributed by atoms with Crippen LogP contribution in [0.25, 0.3) is 0 Å². The van der Waals surface area contributed by atoms with Gasteiger partial charge in [-0.25, -0.2) is 0 Å². The number of carbonyl (C=O) groups is 1. The lowest BCUT2D eigenvalue weighted by atomic mass is 10.2. The predicted molar refractivity (Wildman–Crippen MR) is 104 cm³/mol. The van der Waals surface area contributed by atoms with Crippen molar-refractivity contribution in [1.82, 2.24) is 20.0 Å². The molecule has 140 valence electrons. The van der Waals surface area contributed by atoms with E-state index in [9.17, 15) is 4.79 Å². The topological polar surface area (TPSA) is 53.4 Å². The summed E-state index contributed by atoms with van der Waals surface area (Å²) in [5.41, 5.74) is 3.28. The molecule has 1 aliphatic rings.